The monoisotopic (exact) mass is 283 g/mol. The molecule has 0 saturated carbocycles. The fourth-order valence-corrected chi connectivity index (χ4v) is 1.56. The predicted octanol–water partition coefficient (Wildman–Crippen LogP) is -1.75. The summed E-state index contributed by atoms with van der Waals surface area (Å²) in [4.78, 5) is 33.5. The lowest BCUT2D eigenvalue weighted by molar-refractivity contribution is -0.142. The number of rotatable bonds is 7. The summed E-state index contributed by atoms with van der Waals surface area (Å²) in [7, 11) is 1.67. The molecule has 9 nitrogen and oxygen atoms in total. The Hall–Kier alpha value is -2.42. The molecular weight excluding hydrogens is 266 g/mol. The van der Waals surface area contributed by atoms with Gasteiger partial charge in [0.05, 0.1) is 6.20 Å². The SMILES string of the molecule is Cn1cc(C(N)C(=O)N[C@H](CCC(N)=O)C(=O)O)cn1. The van der Waals surface area contributed by atoms with Gasteiger partial charge in [0.25, 0.3) is 0 Å². The van der Waals surface area contributed by atoms with Gasteiger partial charge < -0.3 is 21.9 Å². The van der Waals surface area contributed by atoms with Crippen molar-refractivity contribution in [1.29, 1.82) is 0 Å². The highest BCUT2D eigenvalue weighted by molar-refractivity contribution is 5.87. The summed E-state index contributed by atoms with van der Waals surface area (Å²) in [6, 6.07) is -2.24. The number of carboxylic acid groups (broad SMARTS) is 1. The van der Waals surface area contributed by atoms with Crippen molar-refractivity contribution in [3.8, 4) is 0 Å². The van der Waals surface area contributed by atoms with Crippen molar-refractivity contribution in [2.24, 2.45) is 18.5 Å². The zero-order chi connectivity index (χ0) is 15.3. The molecule has 0 aliphatic carbocycles. The number of primary amides is 1. The van der Waals surface area contributed by atoms with Crippen LogP contribution in [0.5, 0.6) is 0 Å². The van der Waals surface area contributed by atoms with Gasteiger partial charge in [-0.25, -0.2) is 4.79 Å². The van der Waals surface area contributed by atoms with Crippen molar-refractivity contribution in [3.05, 3.63) is 18.0 Å². The summed E-state index contributed by atoms with van der Waals surface area (Å²) < 4.78 is 1.48. The normalized spacial score (nSPS) is 13.5. The second-order valence-corrected chi connectivity index (χ2v) is 4.33. The van der Waals surface area contributed by atoms with E-state index >= 15 is 0 Å². The van der Waals surface area contributed by atoms with Gasteiger partial charge in [-0.05, 0) is 6.42 Å². The first-order chi connectivity index (χ1) is 9.31. The molecule has 0 fully saturated rings. The number of amides is 2. The molecule has 0 spiro atoms. The number of carbonyl (C=O) groups is 3. The Bertz CT molecular complexity index is 513. The van der Waals surface area contributed by atoms with Crippen LogP contribution in [0.25, 0.3) is 0 Å². The van der Waals surface area contributed by atoms with Crippen molar-refractivity contribution >= 4 is 17.8 Å². The van der Waals surface area contributed by atoms with E-state index in [0.717, 1.165) is 0 Å². The van der Waals surface area contributed by atoms with Gasteiger partial charge >= 0.3 is 5.97 Å². The standard InChI is InChI=1S/C11H17N5O4/c1-16-5-6(4-14-16)9(13)10(18)15-7(11(19)20)2-3-8(12)17/h4-5,7,9H,2-3,13H2,1H3,(H2,12,17)(H,15,18)(H,19,20)/t7-,9?/m1/s1. The Morgan fingerprint density at radius 1 is 1.50 bits per heavy atom. The molecule has 2 amide bonds. The maximum Gasteiger partial charge on any atom is 0.326 e. The van der Waals surface area contributed by atoms with Crippen molar-refractivity contribution < 1.29 is 19.5 Å². The van der Waals surface area contributed by atoms with Gasteiger partial charge in [0.15, 0.2) is 0 Å². The van der Waals surface area contributed by atoms with E-state index in [1.807, 2.05) is 0 Å². The van der Waals surface area contributed by atoms with E-state index in [4.69, 9.17) is 16.6 Å². The molecule has 1 aromatic heterocycles. The molecule has 1 aromatic rings. The Morgan fingerprint density at radius 2 is 2.15 bits per heavy atom. The Balaban J connectivity index is 2.65. The summed E-state index contributed by atoms with van der Waals surface area (Å²) in [5.74, 6) is -2.55. The van der Waals surface area contributed by atoms with Gasteiger partial charge in [0.2, 0.25) is 11.8 Å². The van der Waals surface area contributed by atoms with Crippen LogP contribution in [0.2, 0.25) is 0 Å². The summed E-state index contributed by atoms with van der Waals surface area (Å²) in [6.45, 7) is 0. The predicted molar refractivity (Wildman–Crippen MR) is 68.1 cm³/mol. The van der Waals surface area contributed by atoms with Gasteiger partial charge in [0.1, 0.15) is 12.1 Å². The van der Waals surface area contributed by atoms with E-state index in [1.165, 1.54) is 10.9 Å². The molecule has 0 aromatic carbocycles. The minimum atomic E-state index is -1.25. The lowest BCUT2D eigenvalue weighted by Gasteiger charge is -2.16. The van der Waals surface area contributed by atoms with Crippen molar-refractivity contribution in [2.75, 3.05) is 0 Å². The third kappa shape index (κ3) is 4.35. The smallest absolute Gasteiger partial charge is 0.326 e. The Kier molecular flexibility index (Phi) is 5.21. The molecule has 9 heteroatoms. The maximum atomic E-state index is 11.9. The van der Waals surface area contributed by atoms with Gasteiger partial charge in [-0.15, -0.1) is 0 Å². The summed E-state index contributed by atoms with van der Waals surface area (Å²) in [6.07, 6.45) is 2.75. The zero-order valence-corrected chi connectivity index (χ0v) is 10.9. The zero-order valence-electron chi connectivity index (χ0n) is 10.9. The fourth-order valence-electron chi connectivity index (χ4n) is 1.56. The Labute approximate surface area is 114 Å². The highest BCUT2D eigenvalue weighted by atomic mass is 16.4. The number of aromatic nitrogens is 2. The van der Waals surface area contributed by atoms with E-state index in [1.54, 1.807) is 13.2 Å². The quantitative estimate of drug-likeness (QED) is 0.465. The van der Waals surface area contributed by atoms with Crippen LogP contribution in [0, 0.1) is 0 Å². The summed E-state index contributed by atoms with van der Waals surface area (Å²) >= 11 is 0. The number of nitrogens with one attached hydrogen (secondary N) is 1. The van der Waals surface area contributed by atoms with E-state index in [2.05, 4.69) is 10.4 Å². The maximum absolute atomic E-state index is 11.9. The van der Waals surface area contributed by atoms with E-state index in [-0.39, 0.29) is 12.8 Å². The lowest BCUT2D eigenvalue weighted by atomic mass is 10.1. The van der Waals surface area contributed by atoms with Crippen LogP contribution in [-0.4, -0.2) is 38.7 Å². The largest absolute Gasteiger partial charge is 0.480 e. The minimum Gasteiger partial charge on any atom is -0.480 e. The third-order valence-corrected chi connectivity index (χ3v) is 2.66. The second-order valence-electron chi connectivity index (χ2n) is 4.33. The van der Waals surface area contributed by atoms with Crippen LogP contribution in [-0.2, 0) is 21.4 Å². The third-order valence-electron chi connectivity index (χ3n) is 2.66. The van der Waals surface area contributed by atoms with Crippen molar-refractivity contribution in [1.82, 2.24) is 15.1 Å². The first-order valence-electron chi connectivity index (χ1n) is 5.87. The van der Waals surface area contributed by atoms with Gasteiger partial charge in [-0.3, -0.25) is 14.3 Å². The molecule has 6 N–H and O–H groups in total. The molecule has 20 heavy (non-hydrogen) atoms. The number of aliphatic carboxylic acids is 1. The molecule has 2 atom stereocenters. The first-order valence-corrected chi connectivity index (χ1v) is 5.87. The molecule has 110 valence electrons. The number of hydrogen-bond donors (Lipinski definition) is 4. The van der Waals surface area contributed by atoms with Crippen LogP contribution in [0.1, 0.15) is 24.4 Å². The average Bonchev–Trinajstić information content (AvgIpc) is 2.79. The van der Waals surface area contributed by atoms with Crippen LogP contribution < -0.4 is 16.8 Å². The number of nitrogens with zero attached hydrogens (tertiary/aromatic N) is 2. The van der Waals surface area contributed by atoms with E-state index < -0.39 is 29.9 Å². The topological polar surface area (TPSA) is 153 Å². The van der Waals surface area contributed by atoms with Crippen molar-refractivity contribution in [3.63, 3.8) is 0 Å². The minimum absolute atomic E-state index is 0.0871. The van der Waals surface area contributed by atoms with Gasteiger partial charge in [-0.2, -0.15) is 5.10 Å². The molecular formula is C11H17N5O4. The van der Waals surface area contributed by atoms with Crippen LogP contribution in [0.15, 0.2) is 12.4 Å². The van der Waals surface area contributed by atoms with Gasteiger partial charge in [-0.1, -0.05) is 0 Å². The van der Waals surface area contributed by atoms with E-state index in [9.17, 15) is 14.4 Å². The number of carbonyl (C=O) groups excluding carboxylic acids is 2. The molecule has 0 saturated heterocycles. The van der Waals surface area contributed by atoms with Gasteiger partial charge in [0, 0.05) is 25.2 Å². The van der Waals surface area contributed by atoms with E-state index in [0.29, 0.717) is 5.56 Å². The summed E-state index contributed by atoms with van der Waals surface area (Å²) in [5, 5.41) is 15.1. The first kappa shape index (κ1) is 15.6. The average molecular weight is 283 g/mol. The van der Waals surface area contributed by atoms with Crippen LogP contribution in [0.4, 0.5) is 0 Å². The molecule has 1 heterocycles. The molecule has 0 aliphatic rings. The number of aryl methyl sites for hydroxylation is 1. The summed E-state index contributed by atoms with van der Waals surface area (Å²) in [5.41, 5.74) is 11.1. The molecule has 0 radical (unpaired) electrons. The molecule has 0 aliphatic heterocycles. The number of hydrogen-bond acceptors (Lipinski definition) is 5. The Morgan fingerprint density at radius 3 is 2.60 bits per heavy atom. The number of carboxylic acids is 1. The molecule has 1 unspecified atom stereocenters. The van der Waals surface area contributed by atoms with Crippen LogP contribution >= 0.6 is 0 Å². The number of nitrogens with two attached hydrogens (primary N) is 2. The molecule has 1 rings (SSSR count). The molecule has 0 bridgehead atoms. The second kappa shape index (κ2) is 6.66. The lowest BCUT2D eigenvalue weighted by Crippen LogP contribution is -2.45. The highest BCUT2D eigenvalue weighted by Crippen LogP contribution is 2.09. The van der Waals surface area contributed by atoms with Crippen LogP contribution in [0.3, 0.4) is 0 Å². The fraction of sp³-hybridized carbons (Fsp3) is 0.455. The highest BCUT2D eigenvalue weighted by Gasteiger charge is 2.25. The van der Waals surface area contributed by atoms with Crippen molar-refractivity contribution in [2.45, 2.75) is 24.9 Å².